The van der Waals surface area contributed by atoms with E-state index in [2.05, 4.69) is 13.0 Å². The van der Waals surface area contributed by atoms with E-state index < -0.39 is 0 Å². The van der Waals surface area contributed by atoms with Crippen LogP contribution in [0.5, 0.6) is 0 Å². The summed E-state index contributed by atoms with van der Waals surface area (Å²) in [5.74, 6) is 1.00. The Labute approximate surface area is 78.9 Å². The fraction of sp³-hybridized carbons (Fsp3) is 0.500. The topological polar surface area (TPSA) is 17.1 Å². The fourth-order valence-corrected chi connectivity index (χ4v) is 1.65. The predicted octanol–water partition coefficient (Wildman–Crippen LogP) is 3.18. The molecule has 0 aliphatic heterocycles. The molecular formula is C10H16OS. The summed E-state index contributed by atoms with van der Waals surface area (Å²) in [6, 6.07) is 0. The molecule has 68 valence electrons. The SMILES string of the molecule is CCS/C(C=C(C)C)=C(/C)C=O. The summed E-state index contributed by atoms with van der Waals surface area (Å²) < 4.78 is 0. The van der Waals surface area contributed by atoms with Crippen LogP contribution in [0.3, 0.4) is 0 Å². The maximum Gasteiger partial charge on any atom is 0.146 e. The molecule has 0 aliphatic rings. The quantitative estimate of drug-likeness (QED) is 0.379. The summed E-state index contributed by atoms with van der Waals surface area (Å²) in [6.07, 6.45) is 2.97. The molecule has 0 rings (SSSR count). The van der Waals surface area contributed by atoms with E-state index in [4.69, 9.17) is 0 Å². The van der Waals surface area contributed by atoms with Crippen LogP contribution in [0.1, 0.15) is 27.7 Å². The van der Waals surface area contributed by atoms with E-state index in [-0.39, 0.29) is 0 Å². The van der Waals surface area contributed by atoms with E-state index in [1.165, 1.54) is 5.57 Å². The lowest BCUT2D eigenvalue weighted by Gasteiger charge is -2.01. The molecule has 0 N–H and O–H groups in total. The number of thioether (sulfide) groups is 1. The van der Waals surface area contributed by atoms with Gasteiger partial charge in [0.25, 0.3) is 0 Å². The van der Waals surface area contributed by atoms with Gasteiger partial charge in [-0.05, 0) is 32.6 Å². The van der Waals surface area contributed by atoms with Crippen LogP contribution in [0.15, 0.2) is 22.1 Å². The van der Waals surface area contributed by atoms with Crippen molar-refractivity contribution in [2.24, 2.45) is 0 Å². The Hall–Kier alpha value is -0.500. The molecule has 0 atom stereocenters. The summed E-state index contributed by atoms with van der Waals surface area (Å²) >= 11 is 1.71. The van der Waals surface area contributed by atoms with Gasteiger partial charge in [0.05, 0.1) is 0 Å². The van der Waals surface area contributed by atoms with Crippen molar-refractivity contribution < 1.29 is 4.79 Å². The normalized spacial score (nSPS) is 12.0. The summed E-state index contributed by atoms with van der Waals surface area (Å²) in [6.45, 7) is 8.01. The van der Waals surface area contributed by atoms with Gasteiger partial charge in [-0.1, -0.05) is 12.5 Å². The van der Waals surface area contributed by atoms with Crippen LogP contribution >= 0.6 is 11.8 Å². The van der Waals surface area contributed by atoms with Gasteiger partial charge in [0.1, 0.15) is 6.29 Å². The molecule has 0 bridgehead atoms. The van der Waals surface area contributed by atoms with Crippen molar-refractivity contribution in [1.82, 2.24) is 0 Å². The predicted molar refractivity (Wildman–Crippen MR) is 56.3 cm³/mol. The van der Waals surface area contributed by atoms with Crippen molar-refractivity contribution in [3.63, 3.8) is 0 Å². The number of carbonyl (C=O) groups excluding carboxylic acids is 1. The zero-order valence-electron chi connectivity index (χ0n) is 8.18. The number of hydrogen-bond acceptors (Lipinski definition) is 2. The van der Waals surface area contributed by atoms with Gasteiger partial charge in [0, 0.05) is 10.5 Å². The maximum absolute atomic E-state index is 10.5. The van der Waals surface area contributed by atoms with Gasteiger partial charge in [-0.3, -0.25) is 4.79 Å². The van der Waals surface area contributed by atoms with Crippen LogP contribution in [-0.2, 0) is 4.79 Å². The van der Waals surface area contributed by atoms with E-state index in [0.29, 0.717) is 0 Å². The first-order valence-electron chi connectivity index (χ1n) is 4.05. The lowest BCUT2D eigenvalue weighted by molar-refractivity contribution is -0.104. The zero-order chi connectivity index (χ0) is 9.56. The van der Waals surface area contributed by atoms with Crippen molar-refractivity contribution in [2.75, 3.05) is 5.75 Å². The molecule has 12 heavy (non-hydrogen) atoms. The minimum Gasteiger partial charge on any atom is -0.298 e. The Kier molecular flexibility index (Phi) is 5.81. The standard InChI is InChI=1S/C10H16OS/c1-5-12-10(6-8(2)3)9(4)7-11/h6-7H,5H2,1-4H3/b10-9-. The lowest BCUT2D eigenvalue weighted by atomic mass is 10.2. The Morgan fingerprint density at radius 2 is 1.92 bits per heavy atom. The molecule has 0 heterocycles. The smallest absolute Gasteiger partial charge is 0.146 e. The van der Waals surface area contributed by atoms with Crippen molar-refractivity contribution in [3.8, 4) is 0 Å². The highest BCUT2D eigenvalue weighted by atomic mass is 32.2. The van der Waals surface area contributed by atoms with Gasteiger partial charge < -0.3 is 0 Å². The second-order valence-electron chi connectivity index (χ2n) is 2.82. The Bertz CT molecular complexity index is 210. The molecule has 0 aromatic rings. The number of hydrogen-bond donors (Lipinski definition) is 0. The average Bonchev–Trinajstić information content (AvgIpc) is 2.01. The third-order valence-corrected chi connectivity index (χ3v) is 2.32. The van der Waals surface area contributed by atoms with E-state index in [1.807, 2.05) is 20.8 Å². The van der Waals surface area contributed by atoms with Gasteiger partial charge in [-0.2, -0.15) is 0 Å². The van der Waals surface area contributed by atoms with Gasteiger partial charge in [-0.15, -0.1) is 11.8 Å². The maximum atomic E-state index is 10.5. The van der Waals surface area contributed by atoms with Crippen LogP contribution in [0, 0.1) is 0 Å². The van der Waals surface area contributed by atoms with Gasteiger partial charge in [0.15, 0.2) is 0 Å². The number of carbonyl (C=O) groups is 1. The highest BCUT2D eigenvalue weighted by molar-refractivity contribution is 8.03. The van der Waals surface area contributed by atoms with E-state index >= 15 is 0 Å². The largest absolute Gasteiger partial charge is 0.298 e. The molecule has 0 spiro atoms. The minimum atomic E-state index is 0.822. The van der Waals surface area contributed by atoms with Crippen LogP contribution in [0.25, 0.3) is 0 Å². The average molecular weight is 184 g/mol. The van der Waals surface area contributed by atoms with Gasteiger partial charge >= 0.3 is 0 Å². The summed E-state index contributed by atoms with van der Waals surface area (Å²) in [5, 5.41) is 0. The van der Waals surface area contributed by atoms with Crippen LogP contribution < -0.4 is 0 Å². The molecule has 0 aliphatic carbocycles. The van der Waals surface area contributed by atoms with Crippen LogP contribution in [-0.4, -0.2) is 12.0 Å². The first kappa shape index (κ1) is 11.5. The highest BCUT2D eigenvalue weighted by Gasteiger charge is 1.97. The molecule has 0 fully saturated rings. The third-order valence-electron chi connectivity index (χ3n) is 1.29. The minimum absolute atomic E-state index is 0.822. The monoisotopic (exact) mass is 184 g/mol. The number of rotatable bonds is 4. The molecule has 0 radical (unpaired) electrons. The first-order chi connectivity index (χ1) is 5.61. The van der Waals surface area contributed by atoms with Crippen LogP contribution in [0.4, 0.5) is 0 Å². The van der Waals surface area contributed by atoms with E-state index in [0.717, 1.165) is 22.5 Å². The van der Waals surface area contributed by atoms with E-state index in [1.54, 1.807) is 11.8 Å². The zero-order valence-corrected chi connectivity index (χ0v) is 8.99. The molecule has 1 nitrogen and oxygen atoms in total. The number of aldehydes is 1. The molecule has 0 aromatic carbocycles. The van der Waals surface area contributed by atoms with Gasteiger partial charge in [0.2, 0.25) is 0 Å². The Balaban J connectivity index is 4.65. The second kappa shape index (κ2) is 6.06. The summed E-state index contributed by atoms with van der Waals surface area (Å²) in [7, 11) is 0. The van der Waals surface area contributed by atoms with Crippen molar-refractivity contribution >= 4 is 18.0 Å². The molecular weight excluding hydrogens is 168 g/mol. The Morgan fingerprint density at radius 3 is 2.25 bits per heavy atom. The molecule has 0 amide bonds. The van der Waals surface area contributed by atoms with Crippen molar-refractivity contribution in [3.05, 3.63) is 22.1 Å². The van der Waals surface area contributed by atoms with Crippen molar-refractivity contribution in [1.29, 1.82) is 0 Å². The van der Waals surface area contributed by atoms with Crippen molar-refractivity contribution in [2.45, 2.75) is 27.7 Å². The van der Waals surface area contributed by atoms with Gasteiger partial charge in [-0.25, -0.2) is 0 Å². The lowest BCUT2D eigenvalue weighted by Crippen LogP contribution is -1.84. The number of allylic oxidation sites excluding steroid dienone is 3. The Morgan fingerprint density at radius 1 is 1.33 bits per heavy atom. The molecule has 0 aromatic heterocycles. The van der Waals surface area contributed by atoms with Crippen LogP contribution in [0.2, 0.25) is 0 Å². The molecule has 0 saturated carbocycles. The first-order valence-corrected chi connectivity index (χ1v) is 5.04. The summed E-state index contributed by atoms with van der Waals surface area (Å²) in [5.41, 5.74) is 2.05. The summed E-state index contributed by atoms with van der Waals surface area (Å²) in [4.78, 5) is 11.6. The highest BCUT2D eigenvalue weighted by Crippen LogP contribution is 2.21. The molecule has 2 heteroatoms. The van der Waals surface area contributed by atoms with E-state index in [9.17, 15) is 4.79 Å². The fourth-order valence-electron chi connectivity index (χ4n) is 0.745. The molecule has 0 unspecified atom stereocenters. The third kappa shape index (κ3) is 4.39. The molecule has 0 saturated heterocycles. The second-order valence-corrected chi connectivity index (χ2v) is 4.13.